The number of rotatable bonds is 6. The van der Waals surface area contributed by atoms with Gasteiger partial charge in [0.2, 0.25) is 5.70 Å². The summed E-state index contributed by atoms with van der Waals surface area (Å²) in [6, 6.07) is 6.59. The summed E-state index contributed by atoms with van der Waals surface area (Å²) in [7, 11) is 0. The number of hydrogen-bond acceptors (Lipinski definition) is 4. The van der Waals surface area contributed by atoms with Gasteiger partial charge in [-0.1, -0.05) is 25.1 Å². The van der Waals surface area contributed by atoms with Crippen LogP contribution in [0.4, 0.5) is 0 Å². The van der Waals surface area contributed by atoms with E-state index in [1.807, 2.05) is 13.8 Å². The molecule has 0 amide bonds. The van der Waals surface area contributed by atoms with E-state index in [1.54, 1.807) is 42.5 Å². The van der Waals surface area contributed by atoms with E-state index in [0.717, 1.165) is 6.42 Å². The van der Waals surface area contributed by atoms with E-state index in [2.05, 4.69) is 0 Å². The number of phenolic OH excluding ortho intramolecular Hbond substituents is 1. The molecule has 0 aliphatic heterocycles. The SMILES string of the molecule is C/C=C\C=C(/C1C(C)CC1COc1cccc(O)c1)[N+](=O)[O-]. The molecule has 1 aromatic carbocycles. The maximum Gasteiger partial charge on any atom is 0.249 e. The maximum absolute atomic E-state index is 11.3. The molecule has 1 aromatic rings. The van der Waals surface area contributed by atoms with Crippen molar-refractivity contribution >= 4 is 0 Å². The molecule has 0 aromatic heterocycles. The van der Waals surface area contributed by atoms with Gasteiger partial charge in [-0.3, -0.25) is 10.1 Å². The van der Waals surface area contributed by atoms with Crippen LogP contribution in [0.2, 0.25) is 0 Å². The van der Waals surface area contributed by atoms with Crippen molar-refractivity contribution in [1.82, 2.24) is 0 Å². The molecule has 22 heavy (non-hydrogen) atoms. The highest BCUT2D eigenvalue weighted by Gasteiger charge is 2.45. The molecule has 0 radical (unpaired) electrons. The first-order chi connectivity index (χ1) is 10.5. The smallest absolute Gasteiger partial charge is 0.249 e. The zero-order valence-corrected chi connectivity index (χ0v) is 12.8. The lowest BCUT2D eigenvalue weighted by Crippen LogP contribution is -2.41. The molecule has 0 spiro atoms. The van der Waals surface area contributed by atoms with Gasteiger partial charge in [0.25, 0.3) is 0 Å². The first kappa shape index (κ1) is 16.1. The zero-order valence-electron chi connectivity index (χ0n) is 12.8. The standard InChI is InChI=1S/C17H21NO4/c1-3-4-8-16(18(20)21)17-12(2)9-13(17)11-22-15-7-5-6-14(19)10-15/h3-8,10,12-13,17,19H,9,11H2,1-2H3/b4-3-,16-8+. The lowest BCUT2D eigenvalue weighted by atomic mass is 9.64. The summed E-state index contributed by atoms with van der Waals surface area (Å²) in [5.74, 6) is 1.04. The number of allylic oxidation sites excluding steroid dienone is 4. The Bertz CT molecular complexity index is 594. The molecule has 1 fully saturated rings. The van der Waals surface area contributed by atoms with E-state index in [9.17, 15) is 15.2 Å². The van der Waals surface area contributed by atoms with Gasteiger partial charge >= 0.3 is 0 Å². The summed E-state index contributed by atoms with van der Waals surface area (Å²) < 4.78 is 5.68. The van der Waals surface area contributed by atoms with Crippen molar-refractivity contribution in [3.8, 4) is 11.5 Å². The molecule has 3 atom stereocenters. The molecule has 1 aliphatic rings. The van der Waals surface area contributed by atoms with Gasteiger partial charge in [-0.15, -0.1) is 0 Å². The second-order valence-electron chi connectivity index (χ2n) is 5.68. The number of benzene rings is 1. The van der Waals surface area contributed by atoms with Gasteiger partial charge in [-0.2, -0.15) is 0 Å². The van der Waals surface area contributed by atoms with Gasteiger partial charge in [0.1, 0.15) is 11.5 Å². The van der Waals surface area contributed by atoms with E-state index in [-0.39, 0.29) is 34.1 Å². The molecule has 5 nitrogen and oxygen atoms in total. The third-order valence-corrected chi connectivity index (χ3v) is 4.09. The quantitative estimate of drug-likeness (QED) is 0.493. The van der Waals surface area contributed by atoms with Gasteiger partial charge in [-0.25, -0.2) is 0 Å². The van der Waals surface area contributed by atoms with Crippen molar-refractivity contribution in [3.63, 3.8) is 0 Å². The van der Waals surface area contributed by atoms with E-state index in [4.69, 9.17) is 4.74 Å². The Hall–Kier alpha value is -2.30. The third kappa shape index (κ3) is 3.67. The number of phenols is 1. The van der Waals surface area contributed by atoms with Crippen LogP contribution in [0.25, 0.3) is 0 Å². The van der Waals surface area contributed by atoms with Crippen molar-refractivity contribution in [2.75, 3.05) is 6.61 Å². The minimum Gasteiger partial charge on any atom is -0.508 e. The molecule has 5 heteroatoms. The Morgan fingerprint density at radius 1 is 1.55 bits per heavy atom. The molecule has 0 bridgehead atoms. The molecule has 1 saturated carbocycles. The molecule has 118 valence electrons. The van der Waals surface area contributed by atoms with Gasteiger partial charge in [0.05, 0.1) is 17.4 Å². The van der Waals surface area contributed by atoms with E-state index < -0.39 is 0 Å². The summed E-state index contributed by atoms with van der Waals surface area (Å²) in [4.78, 5) is 11.0. The topological polar surface area (TPSA) is 72.6 Å². The Labute approximate surface area is 130 Å². The van der Waals surface area contributed by atoms with Crippen LogP contribution in [0.1, 0.15) is 20.3 Å². The molecule has 1 N–H and O–H groups in total. The number of nitrogens with zero attached hydrogens (tertiary/aromatic N) is 1. The Morgan fingerprint density at radius 3 is 2.91 bits per heavy atom. The Kier molecular flexibility index (Phi) is 5.20. The van der Waals surface area contributed by atoms with Crippen LogP contribution in [0.15, 0.2) is 48.2 Å². The Balaban J connectivity index is 2.04. The van der Waals surface area contributed by atoms with Crippen LogP contribution in [-0.4, -0.2) is 16.6 Å². The molecule has 1 aliphatic carbocycles. The molecular weight excluding hydrogens is 282 g/mol. The van der Waals surface area contributed by atoms with Crippen LogP contribution < -0.4 is 4.74 Å². The van der Waals surface area contributed by atoms with E-state index in [1.165, 1.54) is 0 Å². The van der Waals surface area contributed by atoms with E-state index >= 15 is 0 Å². The summed E-state index contributed by atoms with van der Waals surface area (Å²) in [5, 5.41) is 20.7. The number of hydrogen-bond donors (Lipinski definition) is 1. The van der Waals surface area contributed by atoms with Crippen LogP contribution in [0, 0.1) is 27.9 Å². The van der Waals surface area contributed by atoms with E-state index in [0.29, 0.717) is 12.4 Å². The highest BCUT2D eigenvalue weighted by molar-refractivity contribution is 5.31. The first-order valence-corrected chi connectivity index (χ1v) is 7.42. The van der Waals surface area contributed by atoms with Gasteiger partial charge in [0.15, 0.2) is 0 Å². The fourth-order valence-corrected chi connectivity index (χ4v) is 3.01. The lowest BCUT2D eigenvalue weighted by molar-refractivity contribution is -0.440. The minimum atomic E-state index is -0.290. The molecule has 0 saturated heterocycles. The Morgan fingerprint density at radius 2 is 2.32 bits per heavy atom. The fraction of sp³-hybridized carbons (Fsp3) is 0.412. The predicted octanol–water partition coefficient (Wildman–Crippen LogP) is 3.78. The van der Waals surface area contributed by atoms with Crippen LogP contribution in [0.5, 0.6) is 11.5 Å². The number of nitro groups is 1. The number of aromatic hydroxyl groups is 1. The van der Waals surface area contributed by atoms with Gasteiger partial charge < -0.3 is 9.84 Å². The average Bonchev–Trinajstić information content (AvgIpc) is 2.47. The summed E-state index contributed by atoms with van der Waals surface area (Å²) in [5.41, 5.74) is 0.251. The van der Waals surface area contributed by atoms with Crippen LogP contribution in [0.3, 0.4) is 0 Å². The summed E-state index contributed by atoms with van der Waals surface area (Å²) in [6.45, 7) is 4.28. The number of ether oxygens (including phenoxy) is 1. The minimum absolute atomic E-state index is 0.0940. The maximum atomic E-state index is 11.3. The van der Waals surface area contributed by atoms with Crippen molar-refractivity contribution in [3.05, 3.63) is 58.3 Å². The second kappa shape index (κ2) is 7.11. The van der Waals surface area contributed by atoms with Crippen LogP contribution >= 0.6 is 0 Å². The lowest BCUT2D eigenvalue weighted by Gasteiger charge is -2.40. The molecule has 3 unspecified atom stereocenters. The van der Waals surface area contributed by atoms with Crippen molar-refractivity contribution < 1.29 is 14.8 Å². The monoisotopic (exact) mass is 303 g/mol. The van der Waals surface area contributed by atoms with Crippen molar-refractivity contribution in [2.45, 2.75) is 20.3 Å². The second-order valence-corrected chi connectivity index (χ2v) is 5.68. The summed E-state index contributed by atoms with van der Waals surface area (Å²) >= 11 is 0. The molecule has 0 heterocycles. The summed E-state index contributed by atoms with van der Waals surface area (Å²) in [6.07, 6.45) is 5.98. The van der Waals surface area contributed by atoms with Crippen molar-refractivity contribution in [2.24, 2.45) is 17.8 Å². The normalized spacial score (nSPS) is 25.0. The molecule has 2 rings (SSSR count). The van der Waals surface area contributed by atoms with Crippen LogP contribution in [-0.2, 0) is 0 Å². The highest BCUT2D eigenvalue weighted by Crippen LogP contribution is 2.45. The predicted molar refractivity (Wildman–Crippen MR) is 84.3 cm³/mol. The van der Waals surface area contributed by atoms with Gasteiger partial charge in [-0.05, 0) is 31.4 Å². The van der Waals surface area contributed by atoms with Gasteiger partial charge in [0, 0.05) is 18.1 Å². The third-order valence-electron chi connectivity index (χ3n) is 4.09. The average molecular weight is 303 g/mol. The largest absolute Gasteiger partial charge is 0.508 e. The first-order valence-electron chi connectivity index (χ1n) is 7.42. The zero-order chi connectivity index (χ0) is 16.1. The molecular formula is C17H21NO4. The van der Waals surface area contributed by atoms with Crippen molar-refractivity contribution in [1.29, 1.82) is 0 Å². The fourth-order valence-electron chi connectivity index (χ4n) is 3.01. The highest BCUT2D eigenvalue weighted by atomic mass is 16.6.